The number of rotatable bonds is 9. The van der Waals surface area contributed by atoms with Crippen molar-refractivity contribution in [2.24, 2.45) is 0 Å². The van der Waals surface area contributed by atoms with E-state index in [1.165, 1.54) is 57.0 Å². The van der Waals surface area contributed by atoms with Crippen LogP contribution in [0.15, 0.2) is 66.7 Å². The van der Waals surface area contributed by atoms with Crippen LogP contribution in [-0.2, 0) is 17.8 Å². The molecule has 1 aliphatic heterocycles. The molecule has 204 valence electrons. The number of benzene rings is 3. The van der Waals surface area contributed by atoms with Crippen molar-refractivity contribution in [1.82, 2.24) is 9.47 Å². The zero-order chi connectivity index (χ0) is 27.2. The number of aromatic nitrogens is 1. The quantitative estimate of drug-likeness (QED) is 0.200. The second kappa shape index (κ2) is 12.4. The van der Waals surface area contributed by atoms with Crippen LogP contribution < -0.4 is 9.47 Å². The Hall–Kier alpha value is -3.77. The van der Waals surface area contributed by atoms with Gasteiger partial charge in [0.25, 0.3) is 0 Å². The van der Waals surface area contributed by atoms with Crippen molar-refractivity contribution in [1.29, 1.82) is 0 Å². The second-order valence-electron chi connectivity index (χ2n) is 10.5. The number of carbonyl (C=O) groups excluding carboxylic acids is 1. The highest BCUT2D eigenvalue weighted by atomic mass is 16.5. The summed E-state index contributed by atoms with van der Waals surface area (Å²) in [6, 6.07) is 21.6. The topological polar surface area (TPSA) is 63.9 Å². The fraction of sp³-hybridized carbons (Fsp3) is 0.364. The number of ether oxygens (including phenoxy) is 2. The Morgan fingerprint density at radius 3 is 2.23 bits per heavy atom. The number of aryl methyl sites for hydroxylation is 1. The molecular weight excluding hydrogens is 488 g/mol. The lowest BCUT2D eigenvalue weighted by atomic mass is 10.1. The molecule has 3 aromatic carbocycles. The van der Waals surface area contributed by atoms with Crippen LogP contribution in [0, 0.1) is 6.92 Å². The minimum atomic E-state index is -0.329. The van der Waals surface area contributed by atoms with E-state index in [1.54, 1.807) is 12.1 Å². The number of carbonyl (C=O) groups is 1. The van der Waals surface area contributed by atoms with Gasteiger partial charge in [-0.25, -0.2) is 0 Å². The summed E-state index contributed by atoms with van der Waals surface area (Å²) in [6.07, 6.45) is 6.00. The van der Waals surface area contributed by atoms with Crippen LogP contribution in [0.1, 0.15) is 55.0 Å². The van der Waals surface area contributed by atoms with Gasteiger partial charge in [0.15, 0.2) is 0 Å². The molecule has 0 saturated carbocycles. The van der Waals surface area contributed by atoms with Gasteiger partial charge < -0.3 is 19.1 Å². The number of fused-ring (bicyclic) bond motifs is 1. The Kier molecular flexibility index (Phi) is 8.52. The molecule has 39 heavy (non-hydrogen) atoms. The summed E-state index contributed by atoms with van der Waals surface area (Å²) in [5.74, 6) is 1.38. The molecule has 0 radical (unpaired) electrons. The summed E-state index contributed by atoms with van der Waals surface area (Å²) in [4.78, 5) is 14.1. The van der Waals surface area contributed by atoms with E-state index in [2.05, 4.69) is 40.7 Å². The van der Waals surface area contributed by atoms with Gasteiger partial charge >= 0.3 is 5.97 Å². The number of phenolic OH excluding ortho intramolecular Hbond substituents is 1. The van der Waals surface area contributed by atoms with E-state index in [0.29, 0.717) is 18.9 Å². The first kappa shape index (κ1) is 26.8. The number of aromatic hydroxyl groups is 1. The van der Waals surface area contributed by atoms with E-state index in [4.69, 9.17) is 9.47 Å². The molecular formula is C33H38N2O4. The van der Waals surface area contributed by atoms with Gasteiger partial charge in [-0.1, -0.05) is 37.1 Å². The Labute approximate surface area is 230 Å². The smallest absolute Gasteiger partial charge is 0.308 e. The molecule has 0 bridgehead atoms. The van der Waals surface area contributed by atoms with Crippen LogP contribution >= 0.6 is 0 Å². The molecule has 0 aliphatic carbocycles. The number of likely N-dealkylation sites (tertiary alicyclic amines) is 1. The zero-order valence-electron chi connectivity index (χ0n) is 23.0. The van der Waals surface area contributed by atoms with Gasteiger partial charge in [0, 0.05) is 43.0 Å². The molecule has 0 atom stereocenters. The largest absolute Gasteiger partial charge is 0.508 e. The summed E-state index contributed by atoms with van der Waals surface area (Å²) in [5, 5.41) is 10.8. The van der Waals surface area contributed by atoms with Crippen molar-refractivity contribution in [2.45, 2.75) is 52.5 Å². The van der Waals surface area contributed by atoms with E-state index in [0.717, 1.165) is 40.7 Å². The van der Waals surface area contributed by atoms with Crippen LogP contribution in [-0.4, -0.2) is 46.8 Å². The van der Waals surface area contributed by atoms with E-state index in [1.807, 2.05) is 30.3 Å². The van der Waals surface area contributed by atoms with Crippen LogP contribution in [0.25, 0.3) is 10.9 Å². The zero-order valence-corrected chi connectivity index (χ0v) is 23.0. The predicted octanol–water partition coefficient (Wildman–Crippen LogP) is 6.47. The van der Waals surface area contributed by atoms with Crippen molar-refractivity contribution in [3.05, 3.63) is 89.1 Å². The first-order chi connectivity index (χ1) is 19.0. The number of hydrogen-bond acceptors (Lipinski definition) is 5. The molecule has 0 unspecified atom stereocenters. The molecule has 5 rings (SSSR count). The molecule has 4 aromatic rings. The third kappa shape index (κ3) is 6.82. The summed E-state index contributed by atoms with van der Waals surface area (Å²) in [6.45, 7) is 8.30. The number of hydrogen-bond donors (Lipinski definition) is 1. The molecule has 6 nitrogen and oxygen atoms in total. The summed E-state index contributed by atoms with van der Waals surface area (Å²) in [5.41, 5.74) is 5.74. The lowest BCUT2D eigenvalue weighted by Crippen LogP contribution is -2.29. The van der Waals surface area contributed by atoms with E-state index < -0.39 is 0 Å². The Morgan fingerprint density at radius 1 is 0.872 bits per heavy atom. The lowest BCUT2D eigenvalue weighted by molar-refractivity contribution is -0.131. The highest BCUT2D eigenvalue weighted by Gasteiger charge is 2.17. The molecule has 1 fully saturated rings. The maximum absolute atomic E-state index is 11.5. The van der Waals surface area contributed by atoms with Crippen LogP contribution in [0.3, 0.4) is 0 Å². The van der Waals surface area contributed by atoms with E-state index in [9.17, 15) is 9.90 Å². The number of nitrogens with zero attached hydrogens (tertiary/aromatic N) is 2. The molecule has 0 amide bonds. The van der Waals surface area contributed by atoms with Crippen molar-refractivity contribution < 1.29 is 19.4 Å². The molecule has 1 saturated heterocycles. The van der Waals surface area contributed by atoms with Crippen LogP contribution in [0.2, 0.25) is 0 Å². The highest BCUT2D eigenvalue weighted by Crippen LogP contribution is 2.32. The summed E-state index contributed by atoms with van der Waals surface area (Å²) in [7, 11) is 0. The third-order valence-corrected chi connectivity index (χ3v) is 7.63. The fourth-order valence-electron chi connectivity index (χ4n) is 5.53. The van der Waals surface area contributed by atoms with Gasteiger partial charge in [0.2, 0.25) is 0 Å². The first-order valence-electron chi connectivity index (χ1n) is 14.0. The average Bonchev–Trinajstić information content (AvgIpc) is 3.08. The van der Waals surface area contributed by atoms with Crippen molar-refractivity contribution in [3.63, 3.8) is 0 Å². The first-order valence-corrected chi connectivity index (χ1v) is 14.0. The average molecular weight is 527 g/mol. The molecule has 6 heteroatoms. The van der Waals surface area contributed by atoms with Crippen LogP contribution in [0.4, 0.5) is 0 Å². The SMILES string of the molecule is CC(=O)Oc1ccc2c(c1)c(C)c(Cc1ccc(O)cc1)n2Cc1ccc(OCCN2CCCCCC2)cc1. The Bertz CT molecular complexity index is 1400. The summed E-state index contributed by atoms with van der Waals surface area (Å²) >= 11 is 0. The van der Waals surface area contributed by atoms with Crippen molar-refractivity contribution >= 4 is 16.9 Å². The summed E-state index contributed by atoms with van der Waals surface area (Å²) < 4.78 is 13.8. The van der Waals surface area contributed by atoms with Gasteiger partial charge in [0.1, 0.15) is 23.9 Å². The van der Waals surface area contributed by atoms with Crippen molar-refractivity contribution in [3.8, 4) is 17.2 Å². The van der Waals surface area contributed by atoms with Gasteiger partial charge in [-0.15, -0.1) is 0 Å². The lowest BCUT2D eigenvalue weighted by Gasteiger charge is -2.19. The molecule has 2 heterocycles. The molecule has 1 aliphatic rings. The number of esters is 1. The van der Waals surface area contributed by atoms with Gasteiger partial charge in [-0.05, 0) is 92.0 Å². The Balaban J connectivity index is 1.35. The maximum Gasteiger partial charge on any atom is 0.308 e. The number of phenols is 1. The minimum absolute atomic E-state index is 0.260. The van der Waals surface area contributed by atoms with Gasteiger partial charge in [-0.3, -0.25) is 9.69 Å². The molecule has 1 N–H and O–H groups in total. The van der Waals surface area contributed by atoms with Gasteiger partial charge in [0.05, 0.1) is 0 Å². The fourth-order valence-corrected chi connectivity index (χ4v) is 5.53. The normalized spacial score (nSPS) is 14.3. The minimum Gasteiger partial charge on any atom is -0.508 e. The standard InChI is InChI=1S/C33H38N2O4/c1-24-31-22-30(39-25(2)36)15-16-32(31)35(33(24)21-26-7-11-28(37)12-8-26)23-27-9-13-29(14-10-27)38-20-19-34-17-5-3-4-6-18-34/h7-16,22,37H,3-6,17-21,23H2,1-2H3. The maximum atomic E-state index is 11.5. The van der Waals surface area contributed by atoms with E-state index in [-0.39, 0.29) is 11.7 Å². The Morgan fingerprint density at radius 2 is 1.54 bits per heavy atom. The second-order valence-corrected chi connectivity index (χ2v) is 10.5. The van der Waals surface area contributed by atoms with Gasteiger partial charge in [-0.2, -0.15) is 0 Å². The highest BCUT2D eigenvalue weighted by molar-refractivity contribution is 5.87. The molecule has 1 aromatic heterocycles. The van der Waals surface area contributed by atoms with E-state index >= 15 is 0 Å². The third-order valence-electron chi connectivity index (χ3n) is 7.63. The predicted molar refractivity (Wildman–Crippen MR) is 155 cm³/mol. The van der Waals surface area contributed by atoms with Crippen molar-refractivity contribution in [2.75, 3.05) is 26.2 Å². The van der Waals surface area contributed by atoms with Crippen LogP contribution in [0.5, 0.6) is 17.2 Å². The molecule has 0 spiro atoms. The monoisotopic (exact) mass is 526 g/mol.